The van der Waals surface area contributed by atoms with Crippen LogP contribution in [0.15, 0.2) is 12.1 Å². The highest BCUT2D eigenvalue weighted by Gasteiger charge is 2.32. The molecule has 116 valence electrons. The van der Waals surface area contributed by atoms with E-state index in [4.69, 9.17) is 26.8 Å². The third-order valence-electron chi connectivity index (χ3n) is 3.49. The van der Waals surface area contributed by atoms with Gasteiger partial charge >= 0.3 is 0 Å². The molecule has 0 spiro atoms. The number of likely N-dealkylation sites (N-methyl/N-ethyl adjacent to an activating group) is 1. The molecule has 1 aliphatic heterocycles. The lowest BCUT2D eigenvalue weighted by Gasteiger charge is -2.18. The first-order valence-corrected chi connectivity index (χ1v) is 7.33. The van der Waals surface area contributed by atoms with Gasteiger partial charge in [0.25, 0.3) is 5.91 Å². The van der Waals surface area contributed by atoms with E-state index in [0.29, 0.717) is 35.9 Å². The average molecular weight is 313 g/mol. The largest absolute Gasteiger partial charge is 0.493 e. The Kier molecular flexibility index (Phi) is 4.96. The van der Waals surface area contributed by atoms with Gasteiger partial charge in [-0.05, 0) is 31.0 Å². The third-order valence-corrected chi connectivity index (χ3v) is 3.77. The minimum Gasteiger partial charge on any atom is -0.493 e. The Morgan fingerprint density at radius 1 is 1.52 bits per heavy atom. The van der Waals surface area contributed by atoms with Crippen molar-refractivity contribution in [2.75, 3.05) is 20.7 Å². The maximum atomic E-state index is 11.9. The van der Waals surface area contributed by atoms with Crippen LogP contribution >= 0.6 is 11.6 Å². The smallest absolute Gasteiger partial charge is 0.263 e. The number of rotatable bonds is 5. The van der Waals surface area contributed by atoms with Crippen LogP contribution in [0.5, 0.6) is 11.5 Å². The number of ether oxygens (including phenoxy) is 2. The highest BCUT2D eigenvalue weighted by atomic mass is 35.5. The maximum Gasteiger partial charge on any atom is 0.263 e. The van der Waals surface area contributed by atoms with Crippen molar-refractivity contribution in [3.05, 3.63) is 22.7 Å². The zero-order chi connectivity index (χ0) is 15.6. The summed E-state index contributed by atoms with van der Waals surface area (Å²) in [6.45, 7) is 2.62. The second-order valence-corrected chi connectivity index (χ2v) is 5.85. The van der Waals surface area contributed by atoms with Crippen LogP contribution in [0.3, 0.4) is 0 Å². The fraction of sp³-hybridized carbons (Fsp3) is 0.533. The van der Waals surface area contributed by atoms with Crippen molar-refractivity contribution < 1.29 is 14.3 Å². The molecule has 1 aromatic rings. The summed E-state index contributed by atoms with van der Waals surface area (Å²) in [5.41, 5.74) is 6.78. The number of likely N-dealkylation sites (tertiary alicyclic amines) is 1. The van der Waals surface area contributed by atoms with Gasteiger partial charge in [-0.15, -0.1) is 0 Å². The van der Waals surface area contributed by atoms with Gasteiger partial charge in [0.1, 0.15) is 0 Å². The standard InChI is InChI=1S/C15H21ClN2O3/c1-9(17)6-10-7-11(16)14(13(8-10)20-3)21-12-4-5-18(2)15(12)19/h7-9,12H,4-6,17H2,1-3H3. The van der Waals surface area contributed by atoms with E-state index in [1.54, 1.807) is 19.1 Å². The number of carbonyl (C=O) groups is 1. The van der Waals surface area contributed by atoms with Gasteiger partial charge in [0.2, 0.25) is 0 Å². The highest BCUT2D eigenvalue weighted by Crippen LogP contribution is 2.38. The van der Waals surface area contributed by atoms with Crippen LogP contribution in [0.4, 0.5) is 0 Å². The third kappa shape index (κ3) is 3.60. The van der Waals surface area contributed by atoms with Crippen molar-refractivity contribution in [1.29, 1.82) is 0 Å². The number of benzene rings is 1. The predicted molar refractivity (Wildman–Crippen MR) is 82.0 cm³/mol. The highest BCUT2D eigenvalue weighted by molar-refractivity contribution is 6.32. The molecule has 0 radical (unpaired) electrons. The topological polar surface area (TPSA) is 64.8 Å². The first-order valence-electron chi connectivity index (χ1n) is 6.96. The molecule has 1 amide bonds. The van der Waals surface area contributed by atoms with E-state index in [9.17, 15) is 4.79 Å². The summed E-state index contributed by atoms with van der Waals surface area (Å²) in [5, 5.41) is 0.437. The number of carbonyl (C=O) groups excluding carboxylic acids is 1. The lowest BCUT2D eigenvalue weighted by Crippen LogP contribution is -2.29. The average Bonchev–Trinajstić information content (AvgIpc) is 2.72. The molecule has 1 aromatic carbocycles. The van der Waals surface area contributed by atoms with E-state index >= 15 is 0 Å². The lowest BCUT2D eigenvalue weighted by molar-refractivity contribution is -0.132. The molecule has 2 N–H and O–H groups in total. The van der Waals surface area contributed by atoms with Gasteiger partial charge in [0, 0.05) is 26.1 Å². The van der Waals surface area contributed by atoms with Gasteiger partial charge in [-0.3, -0.25) is 4.79 Å². The predicted octanol–water partition coefficient (Wildman–Crippen LogP) is 1.85. The molecule has 21 heavy (non-hydrogen) atoms. The van der Waals surface area contributed by atoms with E-state index in [1.807, 2.05) is 19.1 Å². The van der Waals surface area contributed by atoms with Crippen molar-refractivity contribution in [1.82, 2.24) is 4.90 Å². The van der Waals surface area contributed by atoms with Crippen molar-refractivity contribution >= 4 is 17.5 Å². The Labute approximate surface area is 130 Å². The van der Waals surface area contributed by atoms with E-state index in [2.05, 4.69) is 0 Å². The summed E-state index contributed by atoms with van der Waals surface area (Å²) in [5.74, 6) is 0.912. The van der Waals surface area contributed by atoms with Crippen LogP contribution in [0.2, 0.25) is 5.02 Å². The molecule has 0 saturated carbocycles. The molecule has 0 aliphatic carbocycles. The number of halogens is 1. The van der Waals surface area contributed by atoms with Gasteiger partial charge in [-0.1, -0.05) is 11.6 Å². The zero-order valence-electron chi connectivity index (χ0n) is 12.6. The maximum absolute atomic E-state index is 11.9. The number of nitrogens with two attached hydrogens (primary N) is 1. The minimum atomic E-state index is -0.499. The molecule has 6 heteroatoms. The van der Waals surface area contributed by atoms with Crippen molar-refractivity contribution in [3.63, 3.8) is 0 Å². The van der Waals surface area contributed by atoms with E-state index in [0.717, 1.165) is 5.56 Å². The van der Waals surface area contributed by atoms with E-state index < -0.39 is 6.10 Å². The zero-order valence-corrected chi connectivity index (χ0v) is 13.3. The summed E-state index contributed by atoms with van der Waals surface area (Å²) in [6, 6.07) is 3.70. The normalized spacial score (nSPS) is 19.8. The first-order chi connectivity index (χ1) is 9.92. The molecule has 0 bridgehead atoms. The van der Waals surface area contributed by atoms with Crippen LogP contribution in [-0.2, 0) is 11.2 Å². The van der Waals surface area contributed by atoms with Crippen LogP contribution in [0.25, 0.3) is 0 Å². The lowest BCUT2D eigenvalue weighted by atomic mass is 10.1. The summed E-state index contributed by atoms with van der Waals surface area (Å²) in [6.07, 6.45) is 0.846. The fourth-order valence-electron chi connectivity index (χ4n) is 2.42. The Hall–Kier alpha value is -1.46. The number of methoxy groups -OCH3 is 1. The molecule has 2 unspecified atom stereocenters. The molecule has 1 heterocycles. The Morgan fingerprint density at radius 3 is 2.76 bits per heavy atom. The molecule has 1 aliphatic rings. The van der Waals surface area contributed by atoms with E-state index in [-0.39, 0.29) is 11.9 Å². The van der Waals surface area contributed by atoms with Crippen LogP contribution in [-0.4, -0.2) is 43.7 Å². The van der Waals surface area contributed by atoms with Gasteiger partial charge in [-0.2, -0.15) is 0 Å². The van der Waals surface area contributed by atoms with Gasteiger partial charge in [0.15, 0.2) is 17.6 Å². The summed E-state index contributed by atoms with van der Waals surface area (Å²) >= 11 is 6.29. The molecular formula is C15H21ClN2O3. The van der Waals surface area contributed by atoms with Crippen LogP contribution in [0.1, 0.15) is 18.9 Å². The molecule has 1 saturated heterocycles. The summed E-state index contributed by atoms with van der Waals surface area (Å²) in [7, 11) is 3.31. The SMILES string of the molecule is COc1cc(CC(C)N)cc(Cl)c1OC1CCN(C)C1=O. The minimum absolute atomic E-state index is 0.0302. The van der Waals surface area contributed by atoms with Crippen molar-refractivity contribution in [2.45, 2.75) is 31.9 Å². The summed E-state index contributed by atoms with van der Waals surface area (Å²) in [4.78, 5) is 13.6. The second-order valence-electron chi connectivity index (χ2n) is 5.45. The van der Waals surface area contributed by atoms with Crippen LogP contribution in [0, 0.1) is 0 Å². The molecule has 5 nitrogen and oxygen atoms in total. The van der Waals surface area contributed by atoms with Gasteiger partial charge < -0.3 is 20.1 Å². The van der Waals surface area contributed by atoms with Crippen LogP contribution < -0.4 is 15.2 Å². The Morgan fingerprint density at radius 2 is 2.24 bits per heavy atom. The fourth-order valence-corrected chi connectivity index (χ4v) is 2.70. The molecule has 0 aromatic heterocycles. The first kappa shape index (κ1) is 15.9. The van der Waals surface area contributed by atoms with Gasteiger partial charge in [0.05, 0.1) is 12.1 Å². The van der Waals surface area contributed by atoms with Crippen molar-refractivity contribution in [3.8, 4) is 11.5 Å². The summed E-state index contributed by atoms with van der Waals surface area (Å²) < 4.78 is 11.1. The van der Waals surface area contributed by atoms with Gasteiger partial charge in [-0.25, -0.2) is 0 Å². The molecule has 2 atom stereocenters. The Balaban J connectivity index is 2.24. The number of amides is 1. The molecule has 2 rings (SSSR count). The molecule has 1 fully saturated rings. The quantitative estimate of drug-likeness (QED) is 0.901. The number of nitrogens with zero attached hydrogens (tertiary/aromatic N) is 1. The molecular weight excluding hydrogens is 292 g/mol. The Bertz CT molecular complexity index is 534. The van der Waals surface area contributed by atoms with E-state index in [1.165, 1.54) is 0 Å². The number of hydrogen-bond acceptors (Lipinski definition) is 4. The second kappa shape index (κ2) is 6.54. The van der Waals surface area contributed by atoms with Crippen molar-refractivity contribution in [2.24, 2.45) is 5.73 Å². The number of hydrogen-bond donors (Lipinski definition) is 1. The monoisotopic (exact) mass is 312 g/mol.